The molecule has 0 spiro atoms. The highest BCUT2D eigenvalue weighted by Gasteiger charge is 2.46. The van der Waals surface area contributed by atoms with E-state index in [1.165, 1.54) is 0 Å². The number of carbonyl (C=O) groups is 2. The minimum Gasteiger partial charge on any atom is -0.462 e. The number of amides is 1. The molecule has 1 aromatic rings. The van der Waals surface area contributed by atoms with Crippen LogP contribution in [-0.2, 0) is 14.3 Å². The van der Waals surface area contributed by atoms with Crippen LogP contribution < -0.4 is 0 Å². The van der Waals surface area contributed by atoms with Crippen molar-refractivity contribution in [3.8, 4) is 0 Å². The van der Waals surface area contributed by atoms with E-state index in [1.807, 2.05) is 23.1 Å². The van der Waals surface area contributed by atoms with E-state index in [0.29, 0.717) is 25.2 Å². The van der Waals surface area contributed by atoms with Crippen LogP contribution in [0.5, 0.6) is 0 Å². The lowest BCUT2D eigenvalue weighted by Crippen LogP contribution is -2.50. The minimum absolute atomic E-state index is 0.00532. The molecule has 1 aromatic carbocycles. The van der Waals surface area contributed by atoms with Crippen LogP contribution >= 0.6 is 0 Å². The molecule has 30 heavy (non-hydrogen) atoms. The van der Waals surface area contributed by atoms with E-state index in [1.54, 1.807) is 12.1 Å². The number of benzene rings is 1. The summed E-state index contributed by atoms with van der Waals surface area (Å²) in [6, 6.07) is 9.26. The highest BCUT2D eigenvalue weighted by atomic mass is 16.5. The van der Waals surface area contributed by atoms with Gasteiger partial charge < -0.3 is 14.4 Å². The Hall–Kier alpha value is -1.92. The molecular formula is C24H36N2O4. The number of unbranched alkanes of at least 4 members (excludes halogenated alkanes) is 4. The fourth-order valence-electron chi connectivity index (χ4n) is 4.30. The molecule has 166 valence electrons. The first-order valence-corrected chi connectivity index (χ1v) is 11.3. The monoisotopic (exact) mass is 416 g/mol. The van der Waals surface area contributed by atoms with Gasteiger partial charge in [0.05, 0.1) is 24.8 Å². The molecule has 0 saturated carbocycles. The SMILES string of the molecule is CN1C(C2CCC(=O)N2CCCCCCCOC(=O)c2ccccc2)OCC1(C)C. The Balaban J connectivity index is 1.30. The molecule has 2 unspecified atom stereocenters. The lowest BCUT2D eigenvalue weighted by molar-refractivity contribution is -0.132. The molecule has 3 rings (SSSR count). The Morgan fingerprint density at radius 2 is 1.83 bits per heavy atom. The molecule has 2 fully saturated rings. The standard InChI is InChI=1S/C24H36N2O4/c1-24(2)18-30-22(25(24)3)20-14-15-21(27)26(20)16-10-5-4-6-11-17-29-23(28)19-12-8-7-9-13-19/h7-9,12-13,20,22H,4-6,10-11,14-18H2,1-3H3. The third kappa shape index (κ3) is 5.61. The molecule has 0 aliphatic carbocycles. The van der Waals surface area contributed by atoms with Crippen LogP contribution in [0.1, 0.15) is 69.2 Å². The maximum absolute atomic E-state index is 12.4. The first-order valence-electron chi connectivity index (χ1n) is 11.3. The smallest absolute Gasteiger partial charge is 0.338 e. The summed E-state index contributed by atoms with van der Waals surface area (Å²) >= 11 is 0. The summed E-state index contributed by atoms with van der Waals surface area (Å²) in [5, 5.41) is 0. The summed E-state index contributed by atoms with van der Waals surface area (Å²) in [5.74, 6) is 0.00555. The Labute approximate surface area is 180 Å². The summed E-state index contributed by atoms with van der Waals surface area (Å²) in [4.78, 5) is 28.6. The van der Waals surface area contributed by atoms with E-state index in [2.05, 4.69) is 25.8 Å². The topological polar surface area (TPSA) is 59.1 Å². The van der Waals surface area contributed by atoms with Crippen LogP contribution in [0.4, 0.5) is 0 Å². The zero-order chi connectivity index (χ0) is 21.6. The van der Waals surface area contributed by atoms with E-state index in [-0.39, 0.29) is 29.7 Å². The summed E-state index contributed by atoms with van der Waals surface area (Å²) in [6.45, 7) is 6.35. The van der Waals surface area contributed by atoms with Crippen LogP contribution in [0.15, 0.2) is 30.3 Å². The maximum atomic E-state index is 12.4. The Bertz CT molecular complexity index is 706. The third-order valence-electron chi connectivity index (χ3n) is 6.43. The minimum atomic E-state index is -0.253. The van der Waals surface area contributed by atoms with Gasteiger partial charge in [0.1, 0.15) is 6.23 Å². The van der Waals surface area contributed by atoms with Gasteiger partial charge in [-0.2, -0.15) is 0 Å². The fourth-order valence-corrected chi connectivity index (χ4v) is 4.30. The van der Waals surface area contributed by atoms with E-state index in [4.69, 9.17) is 9.47 Å². The van der Waals surface area contributed by atoms with Gasteiger partial charge in [-0.15, -0.1) is 0 Å². The van der Waals surface area contributed by atoms with Crippen molar-refractivity contribution in [3.63, 3.8) is 0 Å². The van der Waals surface area contributed by atoms with Crippen molar-refractivity contribution >= 4 is 11.9 Å². The number of ether oxygens (including phenoxy) is 2. The Kier molecular flexibility index (Phi) is 7.89. The van der Waals surface area contributed by atoms with Crippen molar-refractivity contribution in [1.29, 1.82) is 0 Å². The largest absolute Gasteiger partial charge is 0.462 e. The summed E-state index contributed by atoms with van der Waals surface area (Å²) in [7, 11) is 2.10. The average Bonchev–Trinajstić information content (AvgIpc) is 3.23. The van der Waals surface area contributed by atoms with Crippen LogP contribution in [0.3, 0.4) is 0 Å². The fraction of sp³-hybridized carbons (Fsp3) is 0.667. The lowest BCUT2D eigenvalue weighted by Gasteiger charge is -2.35. The molecule has 6 heteroatoms. The molecule has 6 nitrogen and oxygen atoms in total. The van der Waals surface area contributed by atoms with Crippen molar-refractivity contribution < 1.29 is 19.1 Å². The second-order valence-corrected chi connectivity index (χ2v) is 9.09. The molecule has 2 atom stereocenters. The van der Waals surface area contributed by atoms with Crippen molar-refractivity contribution in [2.24, 2.45) is 0 Å². The van der Waals surface area contributed by atoms with Gasteiger partial charge in [-0.05, 0) is 52.3 Å². The van der Waals surface area contributed by atoms with Gasteiger partial charge in [0.25, 0.3) is 0 Å². The molecule has 0 radical (unpaired) electrons. The van der Waals surface area contributed by atoms with Gasteiger partial charge in [-0.3, -0.25) is 9.69 Å². The molecule has 2 saturated heterocycles. The van der Waals surface area contributed by atoms with Gasteiger partial charge in [0.15, 0.2) is 0 Å². The number of rotatable bonds is 10. The van der Waals surface area contributed by atoms with Crippen molar-refractivity contribution in [2.75, 3.05) is 26.8 Å². The van der Waals surface area contributed by atoms with Crippen LogP contribution in [-0.4, -0.2) is 66.3 Å². The first kappa shape index (κ1) is 22.8. The second kappa shape index (κ2) is 10.4. The molecule has 0 aromatic heterocycles. The Morgan fingerprint density at radius 1 is 1.13 bits per heavy atom. The summed E-state index contributed by atoms with van der Waals surface area (Å²) in [6.07, 6.45) is 6.60. The molecule has 2 aliphatic rings. The van der Waals surface area contributed by atoms with E-state index in [9.17, 15) is 9.59 Å². The van der Waals surface area contributed by atoms with Gasteiger partial charge in [0.2, 0.25) is 5.91 Å². The van der Waals surface area contributed by atoms with Crippen molar-refractivity contribution in [1.82, 2.24) is 9.80 Å². The third-order valence-corrected chi connectivity index (χ3v) is 6.43. The van der Waals surface area contributed by atoms with E-state index >= 15 is 0 Å². The predicted octanol–water partition coefficient (Wildman–Crippen LogP) is 3.85. The van der Waals surface area contributed by atoms with Gasteiger partial charge >= 0.3 is 5.97 Å². The number of likely N-dealkylation sites (N-methyl/N-ethyl adjacent to an activating group) is 1. The average molecular weight is 417 g/mol. The van der Waals surface area contributed by atoms with E-state index in [0.717, 1.165) is 45.1 Å². The normalized spacial score (nSPS) is 23.8. The molecule has 2 aliphatic heterocycles. The number of hydrogen-bond acceptors (Lipinski definition) is 5. The summed E-state index contributed by atoms with van der Waals surface area (Å²) < 4.78 is 11.4. The van der Waals surface area contributed by atoms with Crippen LogP contribution in [0.2, 0.25) is 0 Å². The number of nitrogens with zero attached hydrogens (tertiary/aromatic N) is 2. The van der Waals surface area contributed by atoms with Crippen LogP contribution in [0, 0.1) is 0 Å². The van der Waals surface area contributed by atoms with Crippen LogP contribution in [0.25, 0.3) is 0 Å². The number of hydrogen-bond donors (Lipinski definition) is 0. The van der Waals surface area contributed by atoms with Crippen molar-refractivity contribution in [2.45, 2.75) is 76.6 Å². The Morgan fingerprint density at radius 3 is 2.53 bits per heavy atom. The second-order valence-electron chi connectivity index (χ2n) is 9.09. The summed E-state index contributed by atoms with van der Waals surface area (Å²) in [5.41, 5.74) is 0.619. The maximum Gasteiger partial charge on any atom is 0.338 e. The molecular weight excluding hydrogens is 380 g/mol. The molecule has 0 N–H and O–H groups in total. The quantitative estimate of drug-likeness (QED) is 0.428. The van der Waals surface area contributed by atoms with Gasteiger partial charge in [0, 0.05) is 18.5 Å². The number of likely N-dealkylation sites (tertiary alicyclic amines) is 1. The van der Waals surface area contributed by atoms with Crippen molar-refractivity contribution in [3.05, 3.63) is 35.9 Å². The zero-order valence-corrected chi connectivity index (χ0v) is 18.6. The number of esters is 1. The molecule has 1 amide bonds. The zero-order valence-electron chi connectivity index (χ0n) is 18.6. The lowest BCUT2D eigenvalue weighted by atomic mass is 10.1. The highest BCUT2D eigenvalue weighted by molar-refractivity contribution is 5.89. The molecule has 2 heterocycles. The predicted molar refractivity (Wildman–Crippen MR) is 116 cm³/mol. The first-order chi connectivity index (χ1) is 14.4. The molecule has 0 bridgehead atoms. The highest BCUT2D eigenvalue weighted by Crippen LogP contribution is 2.33. The number of carbonyl (C=O) groups excluding carboxylic acids is 2. The van der Waals surface area contributed by atoms with E-state index < -0.39 is 0 Å². The van der Waals surface area contributed by atoms with Gasteiger partial charge in [-0.1, -0.05) is 37.5 Å². The van der Waals surface area contributed by atoms with Gasteiger partial charge in [-0.25, -0.2) is 4.79 Å².